The van der Waals surface area contributed by atoms with Crippen LogP contribution in [0.5, 0.6) is 5.75 Å². The van der Waals surface area contributed by atoms with E-state index in [-0.39, 0.29) is 5.91 Å². The molecule has 2 aliphatic rings. The van der Waals surface area contributed by atoms with Gasteiger partial charge >= 0.3 is 0 Å². The van der Waals surface area contributed by atoms with Crippen molar-refractivity contribution >= 4 is 11.6 Å². The third-order valence-corrected chi connectivity index (χ3v) is 5.80. The van der Waals surface area contributed by atoms with Gasteiger partial charge in [-0.15, -0.1) is 0 Å². The molecule has 0 spiro atoms. The normalized spacial score (nSPS) is 26.6. The molecule has 0 atom stereocenters. The summed E-state index contributed by atoms with van der Waals surface area (Å²) in [7, 11) is 0. The third kappa shape index (κ3) is 4.79. The maximum Gasteiger partial charge on any atom is 0.256 e. The zero-order chi connectivity index (χ0) is 18.4. The Labute approximate surface area is 157 Å². The van der Waals surface area contributed by atoms with Gasteiger partial charge in [0.1, 0.15) is 11.4 Å². The summed E-state index contributed by atoms with van der Waals surface area (Å²) in [5.41, 5.74) is 0.147. The second-order valence-corrected chi connectivity index (χ2v) is 8.03. The Morgan fingerprint density at radius 3 is 2.38 bits per heavy atom. The minimum atomic E-state index is -0.665. The number of ether oxygens (including phenoxy) is 2. The van der Waals surface area contributed by atoms with E-state index in [9.17, 15) is 4.79 Å². The zero-order valence-corrected chi connectivity index (χ0v) is 16.3. The summed E-state index contributed by atoms with van der Waals surface area (Å²) in [4.78, 5) is 13.0. The van der Waals surface area contributed by atoms with Gasteiger partial charge < -0.3 is 14.8 Å². The molecule has 2 saturated carbocycles. The lowest BCUT2D eigenvalue weighted by atomic mass is 9.78. The van der Waals surface area contributed by atoms with Crippen LogP contribution in [0.4, 0.5) is 5.69 Å². The first-order chi connectivity index (χ1) is 12.6. The largest absolute Gasteiger partial charge is 0.490 e. The average Bonchev–Trinajstić information content (AvgIpc) is 3.16. The molecule has 3 rings (SSSR count). The Morgan fingerprint density at radius 1 is 1.12 bits per heavy atom. The van der Waals surface area contributed by atoms with Gasteiger partial charge in [-0.05, 0) is 88.0 Å². The van der Waals surface area contributed by atoms with Gasteiger partial charge in [0.05, 0.1) is 6.10 Å². The highest BCUT2D eigenvalue weighted by Gasteiger charge is 2.42. The lowest BCUT2D eigenvalue weighted by molar-refractivity contribution is -0.147. The topological polar surface area (TPSA) is 47.6 Å². The molecule has 144 valence electrons. The van der Waals surface area contributed by atoms with Crippen LogP contribution in [-0.4, -0.2) is 24.2 Å². The van der Waals surface area contributed by atoms with Gasteiger partial charge in [0, 0.05) is 12.3 Å². The molecule has 4 nitrogen and oxygen atoms in total. The summed E-state index contributed by atoms with van der Waals surface area (Å²) in [6.45, 7) is 4.97. The van der Waals surface area contributed by atoms with E-state index in [0.29, 0.717) is 18.6 Å². The first-order valence-electron chi connectivity index (χ1n) is 10.3. The summed E-state index contributed by atoms with van der Waals surface area (Å²) in [5, 5.41) is 3.08. The highest BCUT2D eigenvalue weighted by atomic mass is 16.5. The monoisotopic (exact) mass is 359 g/mol. The van der Waals surface area contributed by atoms with Crippen molar-refractivity contribution in [2.45, 2.75) is 83.3 Å². The molecule has 0 saturated heterocycles. The molecule has 4 heteroatoms. The molecular weight excluding hydrogens is 326 g/mol. The van der Waals surface area contributed by atoms with Crippen molar-refractivity contribution in [2.24, 2.45) is 5.92 Å². The van der Waals surface area contributed by atoms with Gasteiger partial charge in [0.25, 0.3) is 5.91 Å². The van der Waals surface area contributed by atoms with E-state index in [1.54, 1.807) is 0 Å². The molecular formula is C22H33NO3. The minimum absolute atomic E-state index is 0.00214. The quantitative estimate of drug-likeness (QED) is 0.716. The van der Waals surface area contributed by atoms with E-state index in [0.717, 1.165) is 56.4 Å². The highest BCUT2D eigenvalue weighted by molar-refractivity contribution is 5.97. The van der Waals surface area contributed by atoms with Gasteiger partial charge in [-0.1, -0.05) is 13.8 Å². The predicted molar refractivity (Wildman–Crippen MR) is 105 cm³/mol. The second kappa shape index (κ2) is 8.90. The molecule has 1 aromatic carbocycles. The summed E-state index contributed by atoms with van der Waals surface area (Å²) in [5.74, 6) is 1.56. The fraction of sp³-hybridized carbons (Fsp3) is 0.682. The van der Waals surface area contributed by atoms with Crippen LogP contribution in [0.25, 0.3) is 0 Å². The Balaban J connectivity index is 1.61. The fourth-order valence-corrected chi connectivity index (χ4v) is 4.02. The molecule has 0 aromatic heterocycles. The summed E-state index contributed by atoms with van der Waals surface area (Å²) < 4.78 is 12.1. The third-order valence-electron chi connectivity index (χ3n) is 5.80. The number of nitrogens with one attached hydrogen (secondary N) is 1. The van der Waals surface area contributed by atoms with E-state index >= 15 is 0 Å². The molecule has 1 aromatic rings. The van der Waals surface area contributed by atoms with Crippen LogP contribution in [0.15, 0.2) is 24.3 Å². The van der Waals surface area contributed by atoms with Gasteiger partial charge in [-0.2, -0.15) is 0 Å². The van der Waals surface area contributed by atoms with E-state index < -0.39 is 5.60 Å². The standard InChI is InChI=1S/C22H33NO3/c1-3-16-25-22(14-12-17(2)13-15-22)21(24)23-18-8-10-20(11-9-18)26-19-6-4-5-7-19/h8-11,17,19H,3-7,12-16H2,1-2H3,(H,23,24). The average molecular weight is 360 g/mol. The van der Waals surface area contributed by atoms with Crippen LogP contribution in [0.3, 0.4) is 0 Å². The molecule has 0 aliphatic heterocycles. The molecule has 1 N–H and O–H groups in total. The Bertz CT molecular complexity index is 564. The van der Waals surface area contributed by atoms with Gasteiger partial charge in [-0.3, -0.25) is 4.79 Å². The van der Waals surface area contributed by atoms with E-state index in [2.05, 4.69) is 19.2 Å². The van der Waals surface area contributed by atoms with Gasteiger partial charge in [0.15, 0.2) is 0 Å². The molecule has 1 amide bonds. The maximum absolute atomic E-state index is 13.0. The number of anilines is 1. The highest BCUT2D eigenvalue weighted by Crippen LogP contribution is 2.36. The van der Waals surface area contributed by atoms with Crippen molar-refractivity contribution in [1.29, 1.82) is 0 Å². The van der Waals surface area contributed by atoms with Gasteiger partial charge in [-0.25, -0.2) is 0 Å². The van der Waals surface area contributed by atoms with Crippen molar-refractivity contribution in [1.82, 2.24) is 0 Å². The van der Waals surface area contributed by atoms with E-state index in [4.69, 9.17) is 9.47 Å². The summed E-state index contributed by atoms with van der Waals surface area (Å²) in [6, 6.07) is 7.77. The molecule has 0 radical (unpaired) electrons. The number of carbonyl (C=O) groups excluding carboxylic acids is 1. The van der Waals surface area contributed by atoms with E-state index in [1.807, 2.05) is 24.3 Å². The van der Waals surface area contributed by atoms with Crippen molar-refractivity contribution in [3.05, 3.63) is 24.3 Å². The SMILES string of the molecule is CCCOC1(C(=O)Nc2ccc(OC3CCCC3)cc2)CCC(C)CC1. The summed E-state index contributed by atoms with van der Waals surface area (Å²) in [6.07, 6.45) is 9.81. The Hall–Kier alpha value is -1.55. The molecule has 0 bridgehead atoms. The fourth-order valence-electron chi connectivity index (χ4n) is 4.02. The number of hydrogen-bond acceptors (Lipinski definition) is 3. The first kappa shape index (κ1) is 19.2. The van der Waals surface area contributed by atoms with Crippen LogP contribution >= 0.6 is 0 Å². The van der Waals surface area contributed by atoms with Crippen LogP contribution < -0.4 is 10.1 Å². The lowest BCUT2D eigenvalue weighted by Crippen LogP contribution is -2.48. The lowest BCUT2D eigenvalue weighted by Gasteiger charge is -2.38. The van der Waals surface area contributed by atoms with Crippen molar-refractivity contribution in [3.8, 4) is 5.75 Å². The minimum Gasteiger partial charge on any atom is -0.490 e. The van der Waals surface area contributed by atoms with Crippen LogP contribution in [-0.2, 0) is 9.53 Å². The number of benzene rings is 1. The molecule has 0 heterocycles. The predicted octanol–water partition coefficient (Wildman–Crippen LogP) is 5.32. The van der Waals surface area contributed by atoms with Crippen molar-refractivity contribution in [3.63, 3.8) is 0 Å². The number of rotatable bonds is 7. The second-order valence-electron chi connectivity index (χ2n) is 8.03. The number of hydrogen-bond donors (Lipinski definition) is 1. The number of carbonyl (C=O) groups is 1. The zero-order valence-electron chi connectivity index (χ0n) is 16.3. The maximum atomic E-state index is 13.0. The molecule has 0 unspecified atom stereocenters. The van der Waals surface area contributed by atoms with Gasteiger partial charge in [0.2, 0.25) is 0 Å². The summed E-state index contributed by atoms with van der Waals surface area (Å²) >= 11 is 0. The smallest absolute Gasteiger partial charge is 0.256 e. The molecule has 26 heavy (non-hydrogen) atoms. The Morgan fingerprint density at radius 2 is 1.77 bits per heavy atom. The van der Waals surface area contributed by atoms with Crippen LogP contribution in [0, 0.1) is 5.92 Å². The van der Waals surface area contributed by atoms with Crippen LogP contribution in [0.1, 0.15) is 71.6 Å². The molecule has 2 fully saturated rings. The van der Waals surface area contributed by atoms with Crippen molar-refractivity contribution < 1.29 is 14.3 Å². The number of amides is 1. The van der Waals surface area contributed by atoms with Crippen molar-refractivity contribution in [2.75, 3.05) is 11.9 Å². The molecule has 2 aliphatic carbocycles. The van der Waals surface area contributed by atoms with Crippen LogP contribution in [0.2, 0.25) is 0 Å². The first-order valence-corrected chi connectivity index (χ1v) is 10.3. The van der Waals surface area contributed by atoms with E-state index in [1.165, 1.54) is 12.8 Å². The Kier molecular flexibility index (Phi) is 6.58.